The van der Waals surface area contributed by atoms with E-state index in [0.29, 0.717) is 11.4 Å². The first-order chi connectivity index (χ1) is 7.06. The summed E-state index contributed by atoms with van der Waals surface area (Å²) in [5.41, 5.74) is 6.71. The van der Waals surface area contributed by atoms with Crippen molar-refractivity contribution in [3.8, 4) is 6.07 Å². The molecule has 0 aliphatic carbocycles. The predicted octanol–water partition coefficient (Wildman–Crippen LogP) is 0.280. The normalized spacial score (nSPS) is 14.3. The standard InChI is InChI=1S/C10H13N3O2/c1-6-4-7(5-13-10(6)12)9(15)8(14)2-3-11/h4-5,8-9,14-15H,2H2,1H3,(H2,12,13). The molecule has 1 aromatic rings. The van der Waals surface area contributed by atoms with E-state index in [1.54, 1.807) is 19.1 Å². The number of aryl methyl sites for hydroxylation is 1. The number of rotatable bonds is 3. The van der Waals surface area contributed by atoms with E-state index in [0.717, 1.165) is 5.56 Å². The van der Waals surface area contributed by atoms with Gasteiger partial charge >= 0.3 is 0 Å². The molecule has 0 aliphatic heterocycles. The maximum Gasteiger partial charge on any atom is 0.126 e. The molecule has 2 unspecified atom stereocenters. The molecule has 0 saturated heterocycles. The molecule has 15 heavy (non-hydrogen) atoms. The van der Waals surface area contributed by atoms with Crippen LogP contribution in [0.3, 0.4) is 0 Å². The Labute approximate surface area is 87.8 Å². The van der Waals surface area contributed by atoms with Crippen molar-refractivity contribution < 1.29 is 10.2 Å². The molecule has 0 fully saturated rings. The molecule has 1 rings (SSSR count). The molecule has 0 amide bonds. The Balaban J connectivity index is 2.87. The van der Waals surface area contributed by atoms with Crippen LogP contribution in [0.5, 0.6) is 0 Å². The number of aliphatic hydroxyl groups is 2. The molecule has 1 heterocycles. The SMILES string of the molecule is Cc1cc(C(O)C(O)CC#N)cnc1N. The summed E-state index contributed by atoms with van der Waals surface area (Å²) in [7, 11) is 0. The van der Waals surface area contributed by atoms with E-state index in [9.17, 15) is 10.2 Å². The second-order valence-corrected chi connectivity index (χ2v) is 3.35. The van der Waals surface area contributed by atoms with Crippen LogP contribution in [-0.4, -0.2) is 21.3 Å². The third-order valence-electron chi connectivity index (χ3n) is 2.15. The van der Waals surface area contributed by atoms with Gasteiger partial charge in [-0.15, -0.1) is 0 Å². The summed E-state index contributed by atoms with van der Waals surface area (Å²) >= 11 is 0. The second-order valence-electron chi connectivity index (χ2n) is 3.35. The molecular formula is C10H13N3O2. The number of pyridine rings is 1. The average molecular weight is 207 g/mol. The molecule has 2 atom stereocenters. The molecular weight excluding hydrogens is 194 g/mol. The summed E-state index contributed by atoms with van der Waals surface area (Å²) < 4.78 is 0. The van der Waals surface area contributed by atoms with Crippen molar-refractivity contribution in [3.63, 3.8) is 0 Å². The number of nitrogens with zero attached hydrogens (tertiary/aromatic N) is 2. The lowest BCUT2D eigenvalue weighted by Crippen LogP contribution is -2.18. The van der Waals surface area contributed by atoms with Crippen LogP contribution < -0.4 is 5.73 Å². The molecule has 5 nitrogen and oxygen atoms in total. The largest absolute Gasteiger partial charge is 0.389 e. The minimum Gasteiger partial charge on any atom is -0.389 e. The van der Waals surface area contributed by atoms with Crippen LogP contribution >= 0.6 is 0 Å². The van der Waals surface area contributed by atoms with Crippen LogP contribution in [0.1, 0.15) is 23.7 Å². The molecule has 0 bridgehead atoms. The molecule has 5 heteroatoms. The third kappa shape index (κ3) is 2.65. The van der Waals surface area contributed by atoms with E-state index in [2.05, 4.69) is 4.98 Å². The molecule has 1 aromatic heterocycles. The summed E-state index contributed by atoms with van der Waals surface area (Å²) in [5.74, 6) is 0.390. The Morgan fingerprint density at radius 3 is 2.80 bits per heavy atom. The Morgan fingerprint density at radius 2 is 2.27 bits per heavy atom. The first-order valence-electron chi connectivity index (χ1n) is 4.51. The van der Waals surface area contributed by atoms with Crippen molar-refractivity contribution >= 4 is 5.82 Å². The quantitative estimate of drug-likeness (QED) is 0.660. The van der Waals surface area contributed by atoms with Crippen LogP contribution in [0.25, 0.3) is 0 Å². The van der Waals surface area contributed by atoms with Crippen molar-refractivity contribution in [2.45, 2.75) is 25.6 Å². The molecule has 0 aliphatic rings. The fraction of sp³-hybridized carbons (Fsp3) is 0.400. The van der Waals surface area contributed by atoms with Gasteiger partial charge in [0.2, 0.25) is 0 Å². The highest BCUT2D eigenvalue weighted by molar-refractivity contribution is 5.40. The van der Waals surface area contributed by atoms with Gasteiger partial charge < -0.3 is 15.9 Å². The fourth-order valence-corrected chi connectivity index (χ4v) is 1.20. The lowest BCUT2D eigenvalue weighted by atomic mass is 10.0. The first kappa shape index (κ1) is 11.4. The van der Waals surface area contributed by atoms with Crippen LogP contribution in [-0.2, 0) is 0 Å². The van der Waals surface area contributed by atoms with Crippen molar-refractivity contribution in [1.29, 1.82) is 5.26 Å². The average Bonchev–Trinajstić information content (AvgIpc) is 2.21. The molecule has 80 valence electrons. The van der Waals surface area contributed by atoms with Gasteiger partial charge in [-0.1, -0.05) is 0 Å². The topological polar surface area (TPSA) is 103 Å². The zero-order chi connectivity index (χ0) is 11.4. The van der Waals surface area contributed by atoms with Gasteiger partial charge in [-0.05, 0) is 18.6 Å². The first-order valence-corrected chi connectivity index (χ1v) is 4.51. The van der Waals surface area contributed by atoms with Gasteiger partial charge in [-0.2, -0.15) is 5.26 Å². The summed E-state index contributed by atoms with van der Waals surface area (Å²) in [5, 5.41) is 27.4. The zero-order valence-corrected chi connectivity index (χ0v) is 8.38. The van der Waals surface area contributed by atoms with Crippen molar-refractivity contribution in [1.82, 2.24) is 4.98 Å². The number of nitriles is 1. The smallest absolute Gasteiger partial charge is 0.126 e. The van der Waals surface area contributed by atoms with Gasteiger partial charge in [0.05, 0.1) is 18.6 Å². The summed E-state index contributed by atoms with van der Waals surface area (Å²) in [6.07, 6.45) is -0.922. The summed E-state index contributed by atoms with van der Waals surface area (Å²) in [6.45, 7) is 1.76. The van der Waals surface area contributed by atoms with E-state index in [-0.39, 0.29) is 6.42 Å². The maximum absolute atomic E-state index is 9.65. The van der Waals surface area contributed by atoms with Gasteiger partial charge in [0.25, 0.3) is 0 Å². The van der Waals surface area contributed by atoms with Gasteiger partial charge in [0.1, 0.15) is 11.9 Å². The van der Waals surface area contributed by atoms with Crippen molar-refractivity contribution in [3.05, 3.63) is 23.4 Å². The number of nitrogen functional groups attached to an aromatic ring is 1. The Hall–Kier alpha value is -1.64. The highest BCUT2D eigenvalue weighted by Crippen LogP contribution is 2.20. The molecule has 0 aromatic carbocycles. The lowest BCUT2D eigenvalue weighted by Gasteiger charge is -2.15. The van der Waals surface area contributed by atoms with E-state index >= 15 is 0 Å². The summed E-state index contributed by atoms with van der Waals surface area (Å²) in [6, 6.07) is 3.44. The molecule has 4 N–H and O–H groups in total. The van der Waals surface area contributed by atoms with Crippen molar-refractivity contribution in [2.75, 3.05) is 5.73 Å². The van der Waals surface area contributed by atoms with Crippen LogP contribution in [0.2, 0.25) is 0 Å². The summed E-state index contributed by atoms with van der Waals surface area (Å²) in [4.78, 5) is 3.87. The van der Waals surface area contributed by atoms with Crippen LogP contribution in [0.4, 0.5) is 5.82 Å². The number of nitrogens with two attached hydrogens (primary N) is 1. The number of aliphatic hydroxyl groups excluding tert-OH is 2. The van der Waals surface area contributed by atoms with Crippen molar-refractivity contribution in [2.24, 2.45) is 0 Å². The van der Waals surface area contributed by atoms with E-state index in [1.165, 1.54) is 6.20 Å². The third-order valence-corrected chi connectivity index (χ3v) is 2.15. The van der Waals surface area contributed by atoms with E-state index < -0.39 is 12.2 Å². The van der Waals surface area contributed by atoms with Crippen LogP contribution in [0, 0.1) is 18.3 Å². The van der Waals surface area contributed by atoms with E-state index in [4.69, 9.17) is 11.0 Å². The lowest BCUT2D eigenvalue weighted by molar-refractivity contribution is 0.0214. The molecule has 0 saturated carbocycles. The minimum absolute atomic E-state index is 0.120. The Morgan fingerprint density at radius 1 is 1.60 bits per heavy atom. The highest BCUT2D eigenvalue weighted by Gasteiger charge is 2.18. The monoisotopic (exact) mass is 207 g/mol. The number of hydrogen-bond acceptors (Lipinski definition) is 5. The van der Waals surface area contributed by atoms with Crippen LogP contribution in [0.15, 0.2) is 12.3 Å². The molecule has 0 radical (unpaired) electrons. The minimum atomic E-state index is -1.10. The van der Waals surface area contributed by atoms with E-state index in [1.807, 2.05) is 0 Å². The predicted molar refractivity (Wildman–Crippen MR) is 54.6 cm³/mol. The molecule has 0 spiro atoms. The highest BCUT2D eigenvalue weighted by atomic mass is 16.3. The Kier molecular flexibility index (Phi) is 3.61. The second kappa shape index (κ2) is 4.73. The zero-order valence-electron chi connectivity index (χ0n) is 8.38. The van der Waals surface area contributed by atoms with Gasteiger partial charge in [0, 0.05) is 11.8 Å². The number of hydrogen-bond donors (Lipinski definition) is 3. The Bertz CT molecular complexity index is 387. The van der Waals surface area contributed by atoms with Gasteiger partial charge in [0.15, 0.2) is 0 Å². The maximum atomic E-state index is 9.65. The number of anilines is 1. The number of aromatic nitrogens is 1. The van der Waals surface area contributed by atoms with Gasteiger partial charge in [-0.3, -0.25) is 0 Å². The fourth-order valence-electron chi connectivity index (χ4n) is 1.20. The van der Waals surface area contributed by atoms with Gasteiger partial charge in [-0.25, -0.2) is 4.98 Å².